The number of para-hydroxylation sites is 2. The van der Waals surface area contributed by atoms with Gasteiger partial charge in [0.25, 0.3) is 0 Å². The van der Waals surface area contributed by atoms with Crippen molar-refractivity contribution >= 4 is 46.4 Å². The highest BCUT2D eigenvalue weighted by Gasteiger charge is 2.27. The van der Waals surface area contributed by atoms with E-state index in [-0.39, 0.29) is 24.9 Å². The Morgan fingerprint density at radius 2 is 1.96 bits per heavy atom. The lowest BCUT2D eigenvalue weighted by Gasteiger charge is -2.30. The van der Waals surface area contributed by atoms with Gasteiger partial charge in [-0.3, -0.25) is 19.4 Å². The Hall–Kier alpha value is -2.08. The van der Waals surface area contributed by atoms with Gasteiger partial charge in [0.15, 0.2) is 0 Å². The molecular weight excluding hydrogens is 361 g/mol. The fraction of sp³-hybridized carbons (Fsp3) is 0.222. The van der Waals surface area contributed by atoms with Crippen LogP contribution in [0.25, 0.3) is 0 Å². The van der Waals surface area contributed by atoms with Gasteiger partial charge in [-0.15, -0.1) is 0 Å². The van der Waals surface area contributed by atoms with Crippen molar-refractivity contribution < 1.29 is 9.59 Å². The summed E-state index contributed by atoms with van der Waals surface area (Å²) in [6.07, 6.45) is 0. The zero-order valence-electron chi connectivity index (χ0n) is 13.6. The molecule has 2 amide bonds. The molecule has 0 saturated carbocycles. The predicted molar refractivity (Wildman–Crippen MR) is 100 cm³/mol. The number of carbonyl (C=O) groups is 2. The van der Waals surface area contributed by atoms with E-state index >= 15 is 0 Å². The van der Waals surface area contributed by atoms with Crippen molar-refractivity contribution in [1.29, 1.82) is 0 Å². The molecule has 5 nitrogen and oxygen atoms in total. The molecule has 1 heterocycles. The number of likely N-dealkylation sites (N-methyl/N-ethyl adjacent to an activating group) is 1. The molecule has 130 valence electrons. The van der Waals surface area contributed by atoms with Crippen LogP contribution in [0.1, 0.15) is 5.56 Å². The molecule has 0 aliphatic carbocycles. The van der Waals surface area contributed by atoms with Gasteiger partial charge in [0.2, 0.25) is 11.8 Å². The number of fused-ring (bicyclic) bond motifs is 1. The van der Waals surface area contributed by atoms with E-state index in [2.05, 4.69) is 5.32 Å². The molecule has 2 aromatic rings. The third kappa shape index (κ3) is 3.95. The molecule has 1 aliphatic heterocycles. The summed E-state index contributed by atoms with van der Waals surface area (Å²) in [7, 11) is 1.82. The highest BCUT2D eigenvalue weighted by Crippen LogP contribution is 2.29. The van der Waals surface area contributed by atoms with E-state index in [0.29, 0.717) is 28.0 Å². The van der Waals surface area contributed by atoms with Crippen molar-refractivity contribution in [2.75, 3.05) is 30.4 Å². The molecule has 0 unspecified atom stereocenters. The van der Waals surface area contributed by atoms with Crippen molar-refractivity contribution in [3.8, 4) is 0 Å². The quantitative estimate of drug-likeness (QED) is 0.887. The number of benzene rings is 2. The van der Waals surface area contributed by atoms with Gasteiger partial charge in [-0.2, -0.15) is 0 Å². The minimum Gasteiger partial charge on any atom is -0.323 e. The topological polar surface area (TPSA) is 52.7 Å². The van der Waals surface area contributed by atoms with Gasteiger partial charge in [0.05, 0.1) is 28.0 Å². The molecule has 0 aromatic heterocycles. The number of hydrogen-bond acceptors (Lipinski definition) is 3. The van der Waals surface area contributed by atoms with E-state index in [9.17, 15) is 9.59 Å². The highest BCUT2D eigenvalue weighted by atomic mass is 35.5. The number of rotatable bonds is 4. The summed E-state index contributed by atoms with van der Waals surface area (Å²) in [5.41, 5.74) is 2.20. The third-order valence-corrected chi connectivity index (χ3v) is 4.81. The van der Waals surface area contributed by atoms with Crippen LogP contribution in [0.2, 0.25) is 10.0 Å². The van der Waals surface area contributed by atoms with Crippen molar-refractivity contribution in [2.45, 2.75) is 6.54 Å². The normalized spacial score (nSPS) is 13.6. The summed E-state index contributed by atoms with van der Waals surface area (Å²) in [6, 6.07) is 12.7. The second kappa shape index (κ2) is 7.44. The van der Waals surface area contributed by atoms with Crippen LogP contribution < -0.4 is 10.2 Å². The van der Waals surface area contributed by atoms with Crippen LogP contribution >= 0.6 is 23.2 Å². The lowest BCUT2D eigenvalue weighted by molar-refractivity contribution is -0.122. The standard InChI is InChI=1S/C18H17Cl2N3O2/c1-22(9-12-5-4-6-13(19)18(12)20)11-17(25)23-10-16(24)21-14-7-2-3-8-15(14)23/h2-8H,9-11H2,1H3,(H,21,24). The number of nitrogens with zero attached hydrogens (tertiary/aromatic N) is 2. The van der Waals surface area contributed by atoms with E-state index < -0.39 is 0 Å². The second-order valence-electron chi connectivity index (χ2n) is 5.93. The fourth-order valence-corrected chi connectivity index (χ4v) is 3.17. The summed E-state index contributed by atoms with van der Waals surface area (Å²) in [5.74, 6) is -0.351. The first-order valence-electron chi connectivity index (χ1n) is 7.76. The fourth-order valence-electron chi connectivity index (χ4n) is 2.79. The van der Waals surface area contributed by atoms with Gasteiger partial charge in [0, 0.05) is 6.54 Å². The molecular formula is C18H17Cl2N3O2. The smallest absolute Gasteiger partial charge is 0.244 e. The van der Waals surface area contributed by atoms with Gasteiger partial charge in [-0.25, -0.2) is 0 Å². The molecule has 0 spiro atoms. The Morgan fingerprint density at radius 1 is 1.20 bits per heavy atom. The first-order chi connectivity index (χ1) is 12.0. The minimum atomic E-state index is -0.201. The molecule has 3 rings (SSSR count). The highest BCUT2D eigenvalue weighted by molar-refractivity contribution is 6.42. The van der Waals surface area contributed by atoms with Crippen molar-refractivity contribution in [3.05, 3.63) is 58.1 Å². The van der Waals surface area contributed by atoms with Gasteiger partial charge in [-0.1, -0.05) is 47.5 Å². The van der Waals surface area contributed by atoms with E-state index in [1.807, 2.05) is 42.3 Å². The maximum atomic E-state index is 12.7. The van der Waals surface area contributed by atoms with Crippen LogP contribution in [0.5, 0.6) is 0 Å². The number of hydrogen-bond donors (Lipinski definition) is 1. The molecule has 1 aliphatic rings. The van der Waals surface area contributed by atoms with Crippen LogP contribution in [0.3, 0.4) is 0 Å². The number of anilines is 2. The largest absolute Gasteiger partial charge is 0.323 e. The lowest BCUT2D eigenvalue weighted by atomic mass is 10.2. The first-order valence-corrected chi connectivity index (χ1v) is 8.52. The Labute approximate surface area is 156 Å². The Balaban J connectivity index is 1.72. The van der Waals surface area contributed by atoms with E-state index in [4.69, 9.17) is 23.2 Å². The SMILES string of the molecule is CN(CC(=O)N1CC(=O)Nc2ccccc21)Cc1cccc(Cl)c1Cl. The molecule has 0 bridgehead atoms. The van der Waals surface area contributed by atoms with E-state index in [1.165, 1.54) is 4.90 Å². The predicted octanol–water partition coefficient (Wildman–Crippen LogP) is 3.41. The van der Waals surface area contributed by atoms with Crippen molar-refractivity contribution in [2.24, 2.45) is 0 Å². The number of amides is 2. The number of nitrogens with one attached hydrogen (secondary N) is 1. The number of halogens is 2. The van der Waals surface area contributed by atoms with Crippen LogP contribution in [0.4, 0.5) is 11.4 Å². The maximum absolute atomic E-state index is 12.7. The van der Waals surface area contributed by atoms with Crippen LogP contribution in [0.15, 0.2) is 42.5 Å². The van der Waals surface area contributed by atoms with Crippen molar-refractivity contribution in [1.82, 2.24) is 4.90 Å². The summed E-state index contributed by atoms with van der Waals surface area (Å²) >= 11 is 12.2. The molecule has 1 N–H and O–H groups in total. The summed E-state index contributed by atoms with van der Waals surface area (Å²) < 4.78 is 0. The summed E-state index contributed by atoms with van der Waals surface area (Å²) in [5, 5.41) is 3.75. The van der Waals surface area contributed by atoms with Gasteiger partial charge in [-0.05, 0) is 30.8 Å². The number of carbonyl (C=O) groups excluding carboxylic acids is 2. The van der Waals surface area contributed by atoms with Gasteiger partial charge >= 0.3 is 0 Å². The van der Waals surface area contributed by atoms with Crippen molar-refractivity contribution in [3.63, 3.8) is 0 Å². The Bertz CT molecular complexity index is 826. The molecule has 25 heavy (non-hydrogen) atoms. The molecule has 0 fully saturated rings. The zero-order chi connectivity index (χ0) is 18.0. The molecule has 0 radical (unpaired) electrons. The molecule has 2 aromatic carbocycles. The average Bonchev–Trinajstić information content (AvgIpc) is 2.58. The Morgan fingerprint density at radius 3 is 2.76 bits per heavy atom. The zero-order valence-corrected chi connectivity index (χ0v) is 15.1. The first kappa shape index (κ1) is 17.7. The monoisotopic (exact) mass is 377 g/mol. The van der Waals surface area contributed by atoms with Crippen LogP contribution in [-0.4, -0.2) is 36.9 Å². The van der Waals surface area contributed by atoms with E-state index in [0.717, 1.165) is 5.56 Å². The minimum absolute atomic E-state index is 0.0155. The van der Waals surface area contributed by atoms with Gasteiger partial charge < -0.3 is 5.32 Å². The molecule has 7 heteroatoms. The third-order valence-electron chi connectivity index (χ3n) is 3.95. The summed E-state index contributed by atoms with van der Waals surface area (Å²) in [6.45, 7) is 0.652. The average molecular weight is 378 g/mol. The van der Waals surface area contributed by atoms with Gasteiger partial charge in [0.1, 0.15) is 6.54 Å². The summed E-state index contributed by atoms with van der Waals surface area (Å²) in [4.78, 5) is 27.9. The Kier molecular flexibility index (Phi) is 5.27. The lowest BCUT2D eigenvalue weighted by Crippen LogP contribution is -2.45. The van der Waals surface area contributed by atoms with E-state index in [1.54, 1.807) is 12.1 Å². The molecule has 0 atom stereocenters. The molecule has 0 saturated heterocycles. The maximum Gasteiger partial charge on any atom is 0.244 e. The van der Waals surface area contributed by atoms with Crippen LogP contribution in [-0.2, 0) is 16.1 Å². The second-order valence-corrected chi connectivity index (χ2v) is 6.72. The van der Waals surface area contributed by atoms with Crippen LogP contribution in [0, 0.1) is 0 Å².